The summed E-state index contributed by atoms with van der Waals surface area (Å²) in [6.45, 7) is 0.719. The minimum atomic E-state index is -0.0588. The van der Waals surface area contributed by atoms with Gasteiger partial charge >= 0.3 is 0 Å². The van der Waals surface area contributed by atoms with Gasteiger partial charge in [-0.3, -0.25) is 9.59 Å². The molecule has 0 bridgehead atoms. The molecule has 1 fully saturated rings. The first-order valence-electron chi connectivity index (χ1n) is 6.95. The average molecular weight is 300 g/mol. The fourth-order valence-electron chi connectivity index (χ4n) is 2.48. The lowest BCUT2D eigenvalue weighted by atomic mass is 10.2. The molecule has 108 valence electrons. The molecule has 2 aromatic rings. The van der Waals surface area contributed by atoms with Gasteiger partial charge in [-0.1, -0.05) is 18.2 Å². The van der Waals surface area contributed by atoms with Crippen LogP contribution in [0.4, 0.5) is 11.4 Å². The molecule has 2 heterocycles. The van der Waals surface area contributed by atoms with Gasteiger partial charge in [-0.2, -0.15) is 0 Å². The van der Waals surface area contributed by atoms with Gasteiger partial charge in [-0.25, -0.2) is 0 Å². The van der Waals surface area contributed by atoms with Crippen LogP contribution in [0.2, 0.25) is 0 Å². The lowest BCUT2D eigenvalue weighted by Crippen LogP contribution is -2.25. The molecule has 3 rings (SSSR count). The number of anilines is 2. The Bertz CT molecular complexity index is 652. The van der Waals surface area contributed by atoms with Gasteiger partial charge in [-0.05, 0) is 30.0 Å². The summed E-state index contributed by atoms with van der Waals surface area (Å²) in [5.41, 5.74) is 1.49. The molecule has 1 aromatic heterocycles. The van der Waals surface area contributed by atoms with E-state index >= 15 is 0 Å². The second-order valence-electron chi connectivity index (χ2n) is 4.97. The number of hydrogen-bond acceptors (Lipinski definition) is 3. The van der Waals surface area contributed by atoms with Crippen molar-refractivity contribution in [2.45, 2.75) is 19.3 Å². The minimum Gasteiger partial charge on any atom is -0.324 e. The number of carbonyl (C=O) groups excluding carboxylic acids is 2. The summed E-state index contributed by atoms with van der Waals surface area (Å²) in [6.07, 6.45) is 1.81. The fraction of sp³-hybridized carbons (Fsp3) is 0.250. The van der Waals surface area contributed by atoms with Crippen molar-refractivity contribution in [2.24, 2.45) is 0 Å². The first-order valence-corrected chi connectivity index (χ1v) is 7.83. The van der Waals surface area contributed by atoms with Gasteiger partial charge in [0.05, 0.1) is 17.8 Å². The SMILES string of the molecule is O=C(Cc1cccs1)Nc1ccccc1N1CCCC1=O. The first-order chi connectivity index (χ1) is 10.2. The molecule has 4 nitrogen and oxygen atoms in total. The fourth-order valence-corrected chi connectivity index (χ4v) is 3.19. The summed E-state index contributed by atoms with van der Waals surface area (Å²) >= 11 is 1.57. The van der Waals surface area contributed by atoms with Crippen LogP contribution >= 0.6 is 11.3 Å². The van der Waals surface area contributed by atoms with E-state index in [1.165, 1.54) is 0 Å². The Morgan fingerprint density at radius 2 is 2.10 bits per heavy atom. The third-order valence-corrected chi connectivity index (χ3v) is 4.33. The number of rotatable bonds is 4. The Balaban J connectivity index is 1.76. The standard InChI is InChI=1S/C16H16N2O2S/c19-15(11-12-5-4-10-21-12)17-13-6-1-2-7-14(13)18-9-3-8-16(18)20/h1-2,4-7,10H,3,8-9,11H2,(H,17,19). The smallest absolute Gasteiger partial charge is 0.229 e. The maximum Gasteiger partial charge on any atom is 0.229 e. The highest BCUT2D eigenvalue weighted by molar-refractivity contribution is 7.10. The molecule has 0 radical (unpaired) electrons. The predicted octanol–water partition coefficient (Wildman–Crippen LogP) is 3.06. The second kappa shape index (κ2) is 6.10. The van der Waals surface area contributed by atoms with Crippen molar-refractivity contribution in [3.05, 3.63) is 46.7 Å². The Hall–Kier alpha value is -2.14. The maximum absolute atomic E-state index is 12.1. The zero-order chi connectivity index (χ0) is 14.7. The van der Waals surface area contributed by atoms with Crippen molar-refractivity contribution in [3.63, 3.8) is 0 Å². The topological polar surface area (TPSA) is 49.4 Å². The van der Waals surface area contributed by atoms with E-state index in [1.54, 1.807) is 16.2 Å². The zero-order valence-corrected chi connectivity index (χ0v) is 12.4. The molecule has 0 saturated carbocycles. The Kier molecular flexibility index (Phi) is 4.01. The van der Waals surface area contributed by atoms with Gasteiger partial charge in [0.2, 0.25) is 11.8 Å². The predicted molar refractivity (Wildman–Crippen MR) is 84.7 cm³/mol. The third-order valence-electron chi connectivity index (χ3n) is 3.46. The molecule has 1 aliphatic rings. The quantitative estimate of drug-likeness (QED) is 0.943. The summed E-state index contributed by atoms with van der Waals surface area (Å²) in [7, 11) is 0. The van der Waals surface area contributed by atoms with Crippen molar-refractivity contribution in [1.82, 2.24) is 0 Å². The van der Waals surface area contributed by atoms with Crippen LogP contribution in [0.5, 0.6) is 0 Å². The van der Waals surface area contributed by atoms with Crippen molar-refractivity contribution in [3.8, 4) is 0 Å². The Labute approximate surface area is 127 Å². The summed E-state index contributed by atoms with van der Waals surface area (Å²) in [6, 6.07) is 11.3. The number of carbonyl (C=O) groups is 2. The molecule has 0 atom stereocenters. The molecule has 0 aliphatic carbocycles. The van der Waals surface area contributed by atoms with Crippen LogP contribution in [-0.2, 0) is 16.0 Å². The van der Waals surface area contributed by atoms with E-state index in [0.717, 1.165) is 23.5 Å². The second-order valence-corrected chi connectivity index (χ2v) is 6.00. The van der Waals surface area contributed by atoms with E-state index in [9.17, 15) is 9.59 Å². The molecule has 1 aromatic carbocycles. The minimum absolute atomic E-state index is 0.0588. The summed E-state index contributed by atoms with van der Waals surface area (Å²) in [4.78, 5) is 26.8. The van der Waals surface area contributed by atoms with E-state index < -0.39 is 0 Å². The van der Waals surface area contributed by atoms with E-state index in [0.29, 0.717) is 18.5 Å². The molecule has 0 unspecified atom stereocenters. The molecule has 1 aliphatic heterocycles. The summed E-state index contributed by atoms with van der Waals surface area (Å²) < 4.78 is 0. The van der Waals surface area contributed by atoms with Gasteiger partial charge in [0.15, 0.2) is 0 Å². The van der Waals surface area contributed by atoms with Crippen LogP contribution in [0.25, 0.3) is 0 Å². The summed E-state index contributed by atoms with van der Waals surface area (Å²) in [5, 5.41) is 4.88. The number of benzene rings is 1. The van der Waals surface area contributed by atoms with Gasteiger partial charge in [0.25, 0.3) is 0 Å². The monoisotopic (exact) mass is 300 g/mol. The van der Waals surface area contributed by atoms with Crippen LogP contribution in [0.3, 0.4) is 0 Å². The van der Waals surface area contributed by atoms with Crippen LogP contribution in [0.15, 0.2) is 41.8 Å². The molecule has 5 heteroatoms. The van der Waals surface area contributed by atoms with Crippen molar-refractivity contribution in [2.75, 3.05) is 16.8 Å². The molecular weight excluding hydrogens is 284 g/mol. The normalized spacial score (nSPS) is 14.5. The Morgan fingerprint density at radius 1 is 1.24 bits per heavy atom. The van der Waals surface area contributed by atoms with Gasteiger partial charge in [-0.15, -0.1) is 11.3 Å². The number of nitrogens with one attached hydrogen (secondary N) is 1. The van der Waals surface area contributed by atoms with Crippen LogP contribution in [0.1, 0.15) is 17.7 Å². The van der Waals surface area contributed by atoms with Crippen LogP contribution in [-0.4, -0.2) is 18.4 Å². The lowest BCUT2D eigenvalue weighted by Gasteiger charge is -2.19. The van der Waals surface area contributed by atoms with Crippen LogP contribution < -0.4 is 10.2 Å². The first kappa shape index (κ1) is 13.8. The number of thiophene rings is 1. The number of hydrogen-bond donors (Lipinski definition) is 1. The number of amides is 2. The molecule has 0 spiro atoms. The third kappa shape index (κ3) is 3.13. The molecular formula is C16H16N2O2S. The summed E-state index contributed by atoms with van der Waals surface area (Å²) in [5.74, 6) is 0.0616. The van der Waals surface area contributed by atoms with E-state index in [4.69, 9.17) is 0 Å². The largest absolute Gasteiger partial charge is 0.324 e. The van der Waals surface area contributed by atoms with Gasteiger partial charge < -0.3 is 10.2 Å². The van der Waals surface area contributed by atoms with Crippen LogP contribution in [0, 0.1) is 0 Å². The van der Waals surface area contributed by atoms with E-state index in [2.05, 4.69) is 5.32 Å². The highest BCUT2D eigenvalue weighted by atomic mass is 32.1. The molecule has 2 amide bonds. The molecule has 21 heavy (non-hydrogen) atoms. The maximum atomic E-state index is 12.1. The zero-order valence-electron chi connectivity index (χ0n) is 11.5. The Morgan fingerprint density at radius 3 is 2.81 bits per heavy atom. The van der Waals surface area contributed by atoms with Crippen molar-refractivity contribution < 1.29 is 9.59 Å². The number of para-hydroxylation sites is 2. The van der Waals surface area contributed by atoms with E-state index in [-0.39, 0.29) is 11.8 Å². The van der Waals surface area contributed by atoms with Gasteiger partial charge in [0.1, 0.15) is 0 Å². The highest BCUT2D eigenvalue weighted by Crippen LogP contribution is 2.29. The average Bonchev–Trinajstić information content (AvgIpc) is 3.11. The van der Waals surface area contributed by atoms with E-state index in [1.807, 2.05) is 41.8 Å². The highest BCUT2D eigenvalue weighted by Gasteiger charge is 2.24. The van der Waals surface area contributed by atoms with Gasteiger partial charge in [0, 0.05) is 17.8 Å². The van der Waals surface area contributed by atoms with Crippen molar-refractivity contribution >= 4 is 34.5 Å². The molecule has 1 saturated heterocycles. The van der Waals surface area contributed by atoms with Crippen molar-refractivity contribution in [1.29, 1.82) is 0 Å². The number of nitrogens with zero attached hydrogens (tertiary/aromatic N) is 1. The molecule has 1 N–H and O–H groups in total. The lowest BCUT2D eigenvalue weighted by molar-refractivity contribution is -0.117.